The van der Waals surface area contributed by atoms with Gasteiger partial charge >= 0.3 is 0 Å². The molecule has 1 aliphatic heterocycles. The average molecular weight is 268 g/mol. The minimum atomic E-state index is -3.18. The van der Waals surface area contributed by atoms with Gasteiger partial charge in [0, 0.05) is 6.54 Å². The Morgan fingerprint density at radius 3 is 2.94 bits per heavy atom. The van der Waals surface area contributed by atoms with Gasteiger partial charge in [0.25, 0.3) is 0 Å². The molecule has 0 unspecified atom stereocenters. The van der Waals surface area contributed by atoms with Gasteiger partial charge in [-0.2, -0.15) is 14.7 Å². The predicted molar refractivity (Wildman–Crippen MR) is 66.0 cm³/mol. The van der Waals surface area contributed by atoms with E-state index in [2.05, 4.69) is 5.10 Å². The summed E-state index contributed by atoms with van der Waals surface area (Å²) in [4.78, 5) is 0. The van der Waals surface area contributed by atoms with E-state index in [4.69, 9.17) is 5.26 Å². The Hall–Kier alpha value is -1.39. The topological polar surface area (TPSA) is 79.0 Å². The molecule has 1 aliphatic rings. The number of sulfonamides is 1. The molecule has 2 heterocycles. The lowest BCUT2D eigenvalue weighted by molar-refractivity contribution is 0.326. The monoisotopic (exact) mass is 268 g/mol. The molecule has 2 rings (SSSR count). The molecule has 98 valence electrons. The first-order valence-electron chi connectivity index (χ1n) is 6.01. The van der Waals surface area contributed by atoms with Gasteiger partial charge < -0.3 is 0 Å². The lowest BCUT2D eigenvalue weighted by Crippen LogP contribution is -2.39. The van der Waals surface area contributed by atoms with Crippen LogP contribution in [0.4, 0.5) is 0 Å². The van der Waals surface area contributed by atoms with Gasteiger partial charge in [0.2, 0.25) is 10.0 Å². The lowest BCUT2D eigenvalue weighted by Gasteiger charge is -2.26. The van der Waals surface area contributed by atoms with Gasteiger partial charge in [0.1, 0.15) is 6.07 Å². The maximum absolute atomic E-state index is 12.1. The van der Waals surface area contributed by atoms with E-state index in [1.165, 1.54) is 4.31 Å². The zero-order valence-electron chi connectivity index (χ0n) is 10.3. The molecular weight excluding hydrogens is 252 g/mol. The number of nitriles is 1. The molecule has 0 amide bonds. The van der Waals surface area contributed by atoms with Crippen molar-refractivity contribution < 1.29 is 8.42 Å². The molecule has 0 bridgehead atoms. The Balaban J connectivity index is 2.14. The minimum absolute atomic E-state index is 0.197. The van der Waals surface area contributed by atoms with Crippen LogP contribution in [0.25, 0.3) is 0 Å². The normalized spacial score (nSPS) is 16.2. The molecule has 0 aliphatic carbocycles. The Labute approximate surface area is 107 Å². The zero-order valence-corrected chi connectivity index (χ0v) is 11.2. The van der Waals surface area contributed by atoms with Gasteiger partial charge in [-0.05, 0) is 12.5 Å². The van der Waals surface area contributed by atoms with Crippen molar-refractivity contribution in [1.29, 1.82) is 5.26 Å². The van der Waals surface area contributed by atoms with Crippen LogP contribution >= 0.6 is 0 Å². The highest BCUT2D eigenvalue weighted by Crippen LogP contribution is 2.17. The Morgan fingerprint density at radius 1 is 1.50 bits per heavy atom. The fraction of sp³-hybridized carbons (Fsp3) is 0.636. The van der Waals surface area contributed by atoms with E-state index < -0.39 is 10.0 Å². The van der Waals surface area contributed by atoms with Gasteiger partial charge in [-0.3, -0.25) is 4.68 Å². The second-order valence-electron chi connectivity index (χ2n) is 4.36. The third-order valence-corrected chi connectivity index (χ3v) is 4.93. The quantitative estimate of drug-likeness (QED) is 0.805. The van der Waals surface area contributed by atoms with Crippen LogP contribution in [0.15, 0.2) is 6.07 Å². The number of hydrogen-bond acceptors (Lipinski definition) is 4. The van der Waals surface area contributed by atoms with Crippen LogP contribution in [0.1, 0.15) is 31.2 Å². The Bertz CT molecular complexity index is 570. The van der Waals surface area contributed by atoms with Crippen molar-refractivity contribution >= 4 is 10.0 Å². The fourth-order valence-corrected chi connectivity index (χ4v) is 3.59. The second-order valence-corrected chi connectivity index (χ2v) is 6.45. The molecule has 0 saturated carbocycles. The first-order chi connectivity index (χ1) is 8.56. The summed E-state index contributed by atoms with van der Waals surface area (Å²) in [5.41, 5.74) is 1.13. The summed E-state index contributed by atoms with van der Waals surface area (Å²) in [5.74, 6) is 0.197. The third-order valence-electron chi connectivity index (χ3n) is 3.03. The van der Waals surface area contributed by atoms with Crippen molar-refractivity contribution in [2.75, 3.05) is 12.3 Å². The molecule has 0 atom stereocenters. The van der Waals surface area contributed by atoms with Crippen molar-refractivity contribution in [2.45, 2.75) is 32.9 Å². The van der Waals surface area contributed by atoms with Gasteiger partial charge in [-0.25, -0.2) is 8.42 Å². The van der Waals surface area contributed by atoms with Crippen LogP contribution < -0.4 is 0 Å². The Kier molecular flexibility index (Phi) is 3.68. The van der Waals surface area contributed by atoms with Gasteiger partial charge in [0.05, 0.1) is 24.5 Å². The van der Waals surface area contributed by atoms with Crippen LogP contribution in [0.3, 0.4) is 0 Å². The van der Waals surface area contributed by atoms with E-state index in [0.717, 1.165) is 12.1 Å². The van der Waals surface area contributed by atoms with Crippen LogP contribution in [0.2, 0.25) is 0 Å². The van der Waals surface area contributed by atoms with Gasteiger partial charge in [-0.15, -0.1) is 0 Å². The zero-order chi connectivity index (χ0) is 13.2. The summed E-state index contributed by atoms with van der Waals surface area (Å²) in [6.45, 7) is 3.24. The predicted octanol–water partition coefficient (Wildman–Crippen LogP) is 0.700. The average Bonchev–Trinajstić information content (AvgIpc) is 2.78. The van der Waals surface area contributed by atoms with Crippen molar-refractivity contribution in [2.24, 2.45) is 0 Å². The molecular formula is C11H16N4O2S. The number of unbranched alkanes of at least 4 members (excludes halogenated alkanes) is 1. The molecule has 7 heteroatoms. The van der Waals surface area contributed by atoms with E-state index >= 15 is 0 Å². The van der Waals surface area contributed by atoms with Crippen molar-refractivity contribution in [1.82, 2.24) is 14.1 Å². The molecule has 0 fully saturated rings. The molecule has 0 saturated heterocycles. The summed E-state index contributed by atoms with van der Waals surface area (Å²) in [7, 11) is -3.18. The molecule has 6 nitrogen and oxygen atoms in total. The third kappa shape index (κ3) is 2.54. The second kappa shape index (κ2) is 5.08. The molecule has 0 spiro atoms. The van der Waals surface area contributed by atoms with E-state index in [-0.39, 0.29) is 5.75 Å². The molecule has 0 aromatic carbocycles. The summed E-state index contributed by atoms with van der Waals surface area (Å²) < 4.78 is 27.3. The minimum Gasteiger partial charge on any atom is -0.266 e. The number of rotatable bonds is 4. The van der Waals surface area contributed by atoms with Crippen LogP contribution in [-0.2, 0) is 23.1 Å². The first kappa shape index (κ1) is 13.1. The number of aromatic nitrogens is 2. The maximum Gasteiger partial charge on any atom is 0.214 e. The Morgan fingerprint density at radius 2 is 2.28 bits per heavy atom. The highest BCUT2D eigenvalue weighted by Gasteiger charge is 2.27. The highest BCUT2D eigenvalue weighted by atomic mass is 32.2. The summed E-state index contributed by atoms with van der Waals surface area (Å²) >= 11 is 0. The lowest BCUT2D eigenvalue weighted by atomic mass is 10.3. The van der Waals surface area contributed by atoms with Crippen molar-refractivity contribution in [3.8, 4) is 6.07 Å². The summed E-state index contributed by atoms with van der Waals surface area (Å²) in [5, 5.41) is 12.9. The van der Waals surface area contributed by atoms with E-state index in [1.807, 2.05) is 13.0 Å². The largest absolute Gasteiger partial charge is 0.266 e. The molecule has 0 N–H and O–H groups in total. The van der Waals surface area contributed by atoms with E-state index in [0.29, 0.717) is 31.7 Å². The molecule has 1 aromatic heterocycles. The summed E-state index contributed by atoms with van der Waals surface area (Å²) in [6.07, 6.45) is 1.55. The van der Waals surface area contributed by atoms with Crippen molar-refractivity contribution in [3.05, 3.63) is 17.5 Å². The van der Waals surface area contributed by atoms with Gasteiger partial charge in [-0.1, -0.05) is 13.3 Å². The molecule has 0 radical (unpaired) electrons. The fourth-order valence-electron chi connectivity index (χ4n) is 1.99. The molecule has 1 aromatic rings. The first-order valence-corrected chi connectivity index (χ1v) is 7.62. The van der Waals surface area contributed by atoms with E-state index in [9.17, 15) is 8.42 Å². The summed E-state index contributed by atoms with van der Waals surface area (Å²) in [6, 6.07) is 3.63. The van der Waals surface area contributed by atoms with Crippen LogP contribution in [-0.4, -0.2) is 34.8 Å². The SMILES string of the molecule is CCCCS(=O)(=O)N1CCn2nc(C#N)cc2C1. The van der Waals surface area contributed by atoms with Crippen molar-refractivity contribution in [3.63, 3.8) is 0 Å². The number of hydrogen-bond donors (Lipinski definition) is 0. The van der Waals surface area contributed by atoms with Gasteiger partial charge in [0.15, 0.2) is 5.69 Å². The molecule has 18 heavy (non-hydrogen) atoms. The number of nitrogens with zero attached hydrogens (tertiary/aromatic N) is 4. The maximum atomic E-state index is 12.1. The van der Waals surface area contributed by atoms with Crippen LogP contribution in [0, 0.1) is 11.3 Å². The highest BCUT2D eigenvalue weighted by molar-refractivity contribution is 7.89. The number of fused-ring (bicyclic) bond motifs is 1. The van der Waals surface area contributed by atoms with E-state index in [1.54, 1.807) is 10.7 Å². The van der Waals surface area contributed by atoms with Crippen LogP contribution in [0.5, 0.6) is 0 Å². The standard InChI is InChI=1S/C11H16N4O2S/c1-2-3-6-18(16,17)14-4-5-15-11(9-14)7-10(8-12)13-15/h7H,2-6,9H2,1H3. The smallest absolute Gasteiger partial charge is 0.214 e.